The summed E-state index contributed by atoms with van der Waals surface area (Å²) in [5.41, 5.74) is 6.14. The van der Waals surface area contributed by atoms with Gasteiger partial charge in [-0.25, -0.2) is 0 Å². The molecule has 0 spiro atoms. The Morgan fingerprint density at radius 2 is 1.92 bits per heavy atom. The van der Waals surface area contributed by atoms with Crippen molar-refractivity contribution in [2.45, 2.75) is 18.9 Å². The number of likely N-dealkylation sites (tertiary alicyclic amines) is 1. The van der Waals surface area contributed by atoms with E-state index in [4.69, 9.17) is 10.5 Å². The largest absolute Gasteiger partial charge is 0.484 e. The summed E-state index contributed by atoms with van der Waals surface area (Å²) in [5.74, 6) is 1.86. The highest BCUT2D eigenvalue weighted by atomic mass is 79.9. The standard InChI is InChI=1S/C19H21BrN2O2.ClH/c20-15-4-1-13-8-16(5-2-12(13)7-15)24-11-19(23)22-9-14-3-6-18(21)17(14)10-22;/h1-2,4-5,7-8,14,17-18H,3,6,9-11,21H2;1H. The molecule has 2 aliphatic rings. The van der Waals surface area contributed by atoms with E-state index in [1.807, 2.05) is 35.2 Å². The van der Waals surface area contributed by atoms with Gasteiger partial charge >= 0.3 is 0 Å². The van der Waals surface area contributed by atoms with Gasteiger partial charge in [-0.1, -0.05) is 28.1 Å². The average Bonchev–Trinajstić information content (AvgIpc) is 3.15. The second-order valence-corrected chi connectivity index (χ2v) is 7.82. The lowest BCUT2D eigenvalue weighted by Crippen LogP contribution is -2.36. The maximum absolute atomic E-state index is 12.4. The first-order chi connectivity index (χ1) is 11.6. The second-order valence-electron chi connectivity index (χ2n) is 6.91. The minimum atomic E-state index is 0. The van der Waals surface area contributed by atoms with E-state index in [9.17, 15) is 4.79 Å². The van der Waals surface area contributed by atoms with Gasteiger partial charge in [0.25, 0.3) is 5.91 Å². The molecule has 2 fully saturated rings. The molecule has 1 amide bonds. The molecular formula is C19H22BrClN2O2. The molecule has 25 heavy (non-hydrogen) atoms. The van der Waals surface area contributed by atoms with E-state index >= 15 is 0 Å². The molecule has 4 rings (SSSR count). The Labute approximate surface area is 162 Å². The van der Waals surface area contributed by atoms with Crippen LogP contribution in [-0.2, 0) is 4.79 Å². The van der Waals surface area contributed by atoms with Crippen LogP contribution in [0, 0.1) is 11.8 Å². The fourth-order valence-corrected chi connectivity index (χ4v) is 4.41. The van der Waals surface area contributed by atoms with Crippen molar-refractivity contribution in [1.82, 2.24) is 4.90 Å². The lowest BCUT2D eigenvalue weighted by Gasteiger charge is -2.19. The molecule has 0 bridgehead atoms. The highest BCUT2D eigenvalue weighted by molar-refractivity contribution is 9.10. The number of ether oxygens (including phenoxy) is 1. The number of halogens is 2. The van der Waals surface area contributed by atoms with E-state index in [1.54, 1.807) is 0 Å². The van der Waals surface area contributed by atoms with Gasteiger partial charge in [0.05, 0.1) is 0 Å². The van der Waals surface area contributed by atoms with Crippen LogP contribution >= 0.6 is 28.3 Å². The Balaban J connectivity index is 0.00000182. The first-order valence-electron chi connectivity index (χ1n) is 8.45. The third-order valence-corrected chi connectivity index (χ3v) is 5.89. The molecule has 1 aliphatic carbocycles. The molecule has 3 unspecified atom stereocenters. The first-order valence-corrected chi connectivity index (χ1v) is 9.25. The number of carbonyl (C=O) groups excluding carboxylic acids is 1. The molecule has 0 aromatic heterocycles. The third kappa shape index (κ3) is 3.78. The molecule has 6 heteroatoms. The molecule has 0 radical (unpaired) electrons. The van der Waals surface area contributed by atoms with Crippen LogP contribution < -0.4 is 10.5 Å². The van der Waals surface area contributed by atoms with E-state index in [-0.39, 0.29) is 31.0 Å². The van der Waals surface area contributed by atoms with Gasteiger partial charge in [-0.15, -0.1) is 12.4 Å². The van der Waals surface area contributed by atoms with Crippen molar-refractivity contribution >= 4 is 45.0 Å². The lowest BCUT2D eigenvalue weighted by molar-refractivity contribution is -0.132. The summed E-state index contributed by atoms with van der Waals surface area (Å²) in [4.78, 5) is 14.3. The fourth-order valence-electron chi connectivity index (χ4n) is 4.03. The summed E-state index contributed by atoms with van der Waals surface area (Å²) in [7, 11) is 0. The Kier molecular flexibility index (Phi) is 5.56. The Morgan fingerprint density at radius 1 is 1.16 bits per heavy atom. The zero-order chi connectivity index (χ0) is 16.7. The summed E-state index contributed by atoms with van der Waals surface area (Å²) in [6, 6.07) is 12.3. The molecule has 1 saturated carbocycles. The van der Waals surface area contributed by atoms with Gasteiger partial charge in [0.1, 0.15) is 5.75 Å². The van der Waals surface area contributed by atoms with Gasteiger partial charge in [-0.05, 0) is 59.7 Å². The van der Waals surface area contributed by atoms with E-state index in [0.717, 1.165) is 46.9 Å². The van der Waals surface area contributed by atoms with Crippen molar-refractivity contribution in [1.29, 1.82) is 0 Å². The third-order valence-electron chi connectivity index (χ3n) is 5.40. The number of rotatable bonds is 3. The molecule has 1 saturated heterocycles. The van der Waals surface area contributed by atoms with Crippen molar-refractivity contribution in [3.63, 3.8) is 0 Å². The summed E-state index contributed by atoms with van der Waals surface area (Å²) < 4.78 is 6.79. The Bertz CT molecular complexity index is 785. The number of carbonyl (C=O) groups is 1. The van der Waals surface area contributed by atoms with E-state index in [2.05, 4.69) is 22.0 Å². The number of fused-ring (bicyclic) bond motifs is 2. The number of nitrogens with two attached hydrogens (primary N) is 1. The molecule has 2 N–H and O–H groups in total. The van der Waals surface area contributed by atoms with Crippen molar-refractivity contribution in [2.75, 3.05) is 19.7 Å². The van der Waals surface area contributed by atoms with Crippen LogP contribution in [0.5, 0.6) is 5.75 Å². The van der Waals surface area contributed by atoms with Crippen LogP contribution in [0.1, 0.15) is 12.8 Å². The molecule has 2 aromatic rings. The topological polar surface area (TPSA) is 55.6 Å². The van der Waals surface area contributed by atoms with Crippen LogP contribution in [0.4, 0.5) is 0 Å². The highest BCUT2D eigenvalue weighted by Gasteiger charge is 2.42. The molecule has 134 valence electrons. The van der Waals surface area contributed by atoms with Crippen LogP contribution in [0.15, 0.2) is 40.9 Å². The fraction of sp³-hybridized carbons (Fsp3) is 0.421. The van der Waals surface area contributed by atoms with E-state index < -0.39 is 0 Å². The predicted molar refractivity (Wildman–Crippen MR) is 105 cm³/mol. The predicted octanol–water partition coefficient (Wildman–Crippen LogP) is 3.60. The molecule has 2 aromatic carbocycles. The van der Waals surface area contributed by atoms with Crippen molar-refractivity contribution in [3.8, 4) is 5.75 Å². The Hall–Kier alpha value is -1.30. The minimum absolute atomic E-state index is 0. The van der Waals surface area contributed by atoms with E-state index in [1.165, 1.54) is 0 Å². The molecule has 1 aliphatic heterocycles. The van der Waals surface area contributed by atoms with Gasteiger partial charge in [-0.2, -0.15) is 0 Å². The average molecular weight is 426 g/mol. The maximum Gasteiger partial charge on any atom is 0.260 e. The van der Waals surface area contributed by atoms with Crippen LogP contribution in [-0.4, -0.2) is 36.5 Å². The van der Waals surface area contributed by atoms with Gasteiger partial charge in [0.15, 0.2) is 6.61 Å². The molecule has 3 atom stereocenters. The molecule has 1 heterocycles. The Morgan fingerprint density at radius 3 is 2.72 bits per heavy atom. The number of hydrogen-bond donors (Lipinski definition) is 1. The van der Waals surface area contributed by atoms with Gasteiger partial charge in [0.2, 0.25) is 0 Å². The summed E-state index contributed by atoms with van der Waals surface area (Å²) >= 11 is 3.47. The van der Waals surface area contributed by atoms with E-state index in [0.29, 0.717) is 11.8 Å². The zero-order valence-electron chi connectivity index (χ0n) is 13.9. The zero-order valence-corrected chi connectivity index (χ0v) is 16.3. The smallest absolute Gasteiger partial charge is 0.260 e. The van der Waals surface area contributed by atoms with Gasteiger partial charge in [0, 0.05) is 23.6 Å². The minimum Gasteiger partial charge on any atom is -0.484 e. The monoisotopic (exact) mass is 424 g/mol. The van der Waals surface area contributed by atoms with Gasteiger partial charge in [-0.3, -0.25) is 4.79 Å². The lowest BCUT2D eigenvalue weighted by atomic mass is 9.98. The van der Waals surface area contributed by atoms with Crippen molar-refractivity contribution in [3.05, 3.63) is 40.9 Å². The van der Waals surface area contributed by atoms with Crippen molar-refractivity contribution < 1.29 is 9.53 Å². The summed E-state index contributed by atoms with van der Waals surface area (Å²) in [6.45, 7) is 1.72. The second kappa shape index (κ2) is 7.52. The first kappa shape index (κ1) is 18.5. The quantitative estimate of drug-likeness (QED) is 0.817. The number of amides is 1. The SMILES string of the molecule is Cl.NC1CCC2CN(C(=O)COc3ccc4cc(Br)ccc4c3)CC12. The number of benzene rings is 2. The molecule has 4 nitrogen and oxygen atoms in total. The summed E-state index contributed by atoms with van der Waals surface area (Å²) in [5, 5.41) is 2.24. The normalized spacial score (nSPS) is 24.9. The van der Waals surface area contributed by atoms with Crippen LogP contribution in [0.3, 0.4) is 0 Å². The van der Waals surface area contributed by atoms with Crippen LogP contribution in [0.2, 0.25) is 0 Å². The van der Waals surface area contributed by atoms with Gasteiger partial charge < -0.3 is 15.4 Å². The maximum atomic E-state index is 12.4. The van der Waals surface area contributed by atoms with Crippen LogP contribution in [0.25, 0.3) is 10.8 Å². The van der Waals surface area contributed by atoms with Crippen molar-refractivity contribution in [2.24, 2.45) is 17.6 Å². The number of nitrogens with zero attached hydrogens (tertiary/aromatic N) is 1. The molecular weight excluding hydrogens is 404 g/mol. The number of hydrogen-bond acceptors (Lipinski definition) is 3. The highest BCUT2D eigenvalue weighted by Crippen LogP contribution is 2.37. The summed E-state index contributed by atoms with van der Waals surface area (Å²) in [6.07, 6.45) is 2.25.